The largest absolute Gasteiger partial charge is 0.395 e. The lowest BCUT2D eigenvalue weighted by Crippen LogP contribution is -2.20. The fourth-order valence-electron chi connectivity index (χ4n) is 1.29. The van der Waals surface area contributed by atoms with Gasteiger partial charge >= 0.3 is 0 Å². The van der Waals surface area contributed by atoms with E-state index in [2.05, 4.69) is 15.2 Å². The van der Waals surface area contributed by atoms with E-state index in [1.165, 1.54) is 0 Å². The van der Waals surface area contributed by atoms with E-state index in [1.807, 2.05) is 26.4 Å². The first-order valence-corrected chi connectivity index (χ1v) is 4.67. The summed E-state index contributed by atoms with van der Waals surface area (Å²) < 4.78 is 0. The van der Waals surface area contributed by atoms with Gasteiger partial charge in [-0.05, 0) is 6.07 Å². The van der Waals surface area contributed by atoms with Gasteiger partial charge < -0.3 is 15.3 Å². The first kappa shape index (κ1) is 10.9. The Kier molecular flexibility index (Phi) is 4.35. The standard InChI is InChI=1S/C10H17N3O/c1-13(2)10-3-4-11-7-9(10)8-12-5-6-14/h3-4,7,12,14H,5-6,8H2,1-2H3. The van der Waals surface area contributed by atoms with Crippen LogP contribution in [0.3, 0.4) is 0 Å². The van der Waals surface area contributed by atoms with Crippen LogP contribution in [0.15, 0.2) is 18.5 Å². The van der Waals surface area contributed by atoms with Gasteiger partial charge in [-0.15, -0.1) is 0 Å². The molecule has 0 aliphatic rings. The van der Waals surface area contributed by atoms with Gasteiger partial charge in [-0.1, -0.05) is 0 Å². The van der Waals surface area contributed by atoms with Crippen molar-refractivity contribution in [1.82, 2.24) is 10.3 Å². The first-order valence-electron chi connectivity index (χ1n) is 4.67. The average Bonchev–Trinajstić information content (AvgIpc) is 2.19. The van der Waals surface area contributed by atoms with Gasteiger partial charge in [0.05, 0.1) is 6.61 Å². The molecule has 1 rings (SSSR count). The van der Waals surface area contributed by atoms with Crippen molar-refractivity contribution >= 4 is 5.69 Å². The summed E-state index contributed by atoms with van der Waals surface area (Å²) in [6.07, 6.45) is 3.63. The molecular weight excluding hydrogens is 178 g/mol. The highest BCUT2D eigenvalue weighted by Crippen LogP contribution is 2.15. The van der Waals surface area contributed by atoms with E-state index in [4.69, 9.17) is 5.11 Å². The Labute approximate surface area is 84.6 Å². The van der Waals surface area contributed by atoms with Gasteiger partial charge in [-0.2, -0.15) is 0 Å². The minimum Gasteiger partial charge on any atom is -0.395 e. The maximum absolute atomic E-state index is 8.63. The van der Waals surface area contributed by atoms with Crippen molar-refractivity contribution in [3.8, 4) is 0 Å². The summed E-state index contributed by atoms with van der Waals surface area (Å²) in [7, 11) is 4.01. The van der Waals surface area contributed by atoms with Crippen molar-refractivity contribution in [2.45, 2.75) is 6.54 Å². The van der Waals surface area contributed by atoms with Gasteiger partial charge in [-0.25, -0.2) is 0 Å². The zero-order valence-corrected chi connectivity index (χ0v) is 8.70. The SMILES string of the molecule is CN(C)c1ccncc1CNCCO. The van der Waals surface area contributed by atoms with Crippen LogP contribution in [0.5, 0.6) is 0 Å². The Hall–Kier alpha value is -1.13. The molecule has 0 spiro atoms. The minimum absolute atomic E-state index is 0.164. The normalized spacial score (nSPS) is 10.2. The zero-order valence-electron chi connectivity index (χ0n) is 8.70. The minimum atomic E-state index is 0.164. The van der Waals surface area contributed by atoms with E-state index < -0.39 is 0 Å². The lowest BCUT2D eigenvalue weighted by atomic mass is 10.2. The van der Waals surface area contributed by atoms with Crippen LogP contribution in [0, 0.1) is 0 Å². The second kappa shape index (κ2) is 5.57. The van der Waals surface area contributed by atoms with E-state index in [0.29, 0.717) is 6.54 Å². The molecule has 0 saturated carbocycles. The molecule has 0 atom stereocenters. The summed E-state index contributed by atoms with van der Waals surface area (Å²) in [5, 5.41) is 11.8. The summed E-state index contributed by atoms with van der Waals surface area (Å²) >= 11 is 0. The maximum atomic E-state index is 8.63. The molecule has 1 aromatic rings. The third-order valence-electron chi connectivity index (χ3n) is 1.96. The molecule has 0 unspecified atom stereocenters. The molecule has 2 N–H and O–H groups in total. The van der Waals surface area contributed by atoms with Crippen LogP contribution in [0.1, 0.15) is 5.56 Å². The van der Waals surface area contributed by atoms with E-state index >= 15 is 0 Å². The molecule has 0 amide bonds. The van der Waals surface area contributed by atoms with Crippen molar-refractivity contribution in [3.63, 3.8) is 0 Å². The number of nitrogens with one attached hydrogen (secondary N) is 1. The Morgan fingerprint density at radius 2 is 2.29 bits per heavy atom. The summed E-state index contributed by atoms with van der Waals surface area (Å²) in [6, 6.07) is 1.98. The molecule has 4 heteroatoms. The quantitative estimate of drug-likeness (QED) is 0.660. The molecule has 0 radical (unpaired) electrons. The zero-order chi connectivity index (χ0) is 10.4. The third-order valence-corrected chi connectivity index (χ3v) is 1.96. The van der Waals surface area contributed by atoms with E-state index in [-0.39, 0.29) is 6.61 Å². The molecule has 4 nitrogen and oxygen atoms in total. The summed E-state index contributed by atoms with van der Waals surface area (Å²) in [6.45, 7) is 1.52. The van der Waals surface area contributed by atoms with Gasteiger partial charge in [-0.3, -0.25) is 4.98 Å². The molecule has 0 fully saturated rings. The van der Waals surface area contributed by atoms with Crippen LogP contribution in [-0.2, 0) is 6.54 Å². The van der Waals surface area contributed by atoms with Gasteiger partial charge in [0.1, 0.15) is 0 Å². The lowest BCUT2D eigenvalue weighted by Gasteiger charge is -2.16. The summed E-state index contributed by atoms with van der Waals surface area (Å²) in [5.41, 5.74) is 2.30. The molecule has 1 heterocycles. The summed E-state index contributed by atoms with van der Waals surface area (Å²) in [5.74, 6) is 0. The van der Waals surface area contributed by atoms with Crippen molar-refractivity contribution in [3.05, 3.63) is 24.0 Å². The Balaban J connectivity index is 2.64. The smallest absolute Gasteiger partial charge is 0.0556 e. The molecular formula is C10H17N3O. The topological polar surface area (TPSA) is 48.4 Å². The van der Waals surface area contributed by atoms with Crippen molar-refractivity contribution < 1.29 is 5.11 Å². The molecule has 78 valence electrons. The number of aliphatic hydroxyl groups excluding tert-OH is 1. The van der Waals surface area contributed by atoms with Crippen LogP contribution in [0.2, 0.25) is 0 Å². The van der Waals surface area contributed by atoms with Gasteiger partial charge in [0.15, 0.2) is 0 Å². The van der Waals surface area contributed by atoms with Crippen LogP contribution < -0.4 is 10.2 Å². The highest BCUT2D eigenvalue weighted by atomic mass is 16.3. The van der Waals surface area contributed by atoms with E-state index in [1.54, 1.807) is 6.20 Å². The maximum Gasteiger partial charge on any atom is 0.0556 e. The van der Waals surface area contributed by atoms with E-state index in [9.17, 15) is 0 Å². The number of nitrogens with zero attached hydrogens (tertiary/aromatic N) is 2. The second-order valence-electron chi connectivity index (χ2n) is 3.30. The fourth-order valence-corrected chi connectivity index (χ4v) is 1.29. The molecule has 0 bridgehead atoms. The van der Waals surface area contributed by atoms with Crippen LogP contribution in [0.25, 0.3) is 0 Å². The number of hydrogen-bond acceptors (Lipinski definition) is 4. The molecule has 14 heavy (non-hydrogen) atoms. The van der Waals surface area contributed by atoms with Gasteiger partial charge in [0.25, 0.3) is 0 Å². The average molecular weight is 195 g/mol. The predicted octanol–water partition coefficient (Wildman–Crippen LogP) is 0.229. The number of hydrogen-bond donors (Lipinski definition) is 2. The van der Waals surface area contributed by atoms with Crippen molar-refractivity contribution in [1.29, 1.82) is 0 Å². The number of anilines is 1. The predicted molar refractivity (Wildman–Crippen MR) is 57.4 cm³/mol. The molecule has 0 aliphatic carbocycles. The second-order valence-corrected chi connectivity index (χ2v) is 3.30. The Morgan fingerprint density at radius 3 is 2.93 bits per heavy atom. The van der Waals surface area contributed by atoms with Gasteiger partial charge in [0.2, 0.25) is 0 Å². The third kappa shape index (κ3) is 2.97. The highest BCUT2D eigenvalue weighted by molar-refractivity contribution is 5.50. The summed E-state index contributed by atoms with van der Waals surface area (Å²) in [4.78, 5) is 6.13. The lowest BCUT2D eigenvalue weighted by molar-refractivity contribution is 0.292. The number of aromatic nitrogens is 1. The van der Waals surface area contributed by atoms with Crippen LogP contribution >= 0.6 is 0 Å². The van der Waals surface area contributed by atoms with Crippen molar-refractivity contribution in [2.75, 3.05) is 32.1 Å². The number of pyridine rings is 1. The fraction of sp³-hybridized carbons (Fsp3) is 0.500. The monoisotopic (exact) mass is 195 g/mol. The van der Waals surface area contributed by atoms with Crippen molar-refractivity contribution in [2.24, 2.45) is 0 Å². The molecule has 1 aromatic heterocycles. The van der Waals surface area contributed by atoms with Gasteiger partial charge in [0, 0.05) is 50.8 Å². The number of aliphatic hydroxyl groups is 1. The van der Waals surface area contributed by atoms with E-state index in [0.717, 1.165) is 17.8 Å². The molecule has 0 aliphatic heterocycles. The molecule has 0 aromatic carbocycles. The number of rotatable bonds is 5. The Morgan fingerprint density at radius 1 is 1.50 bits per heavy atom. The highest BCUT2D eigenvalue weighted by Gasteiger charge is 2.02. The van der Waals surface area contributed by atoms with Crippen LogP contribution in [0.4, 0.5) is 5.69 Å². The van der Waals surface area contributed by atoms with Crippen LogP contribution in [-0.4, -0.2) is 37.3 Å². The first-order chi connectivity index (χ1) is 6.75. The Bertz CT molecular complexity index is 276. The molecule has 0 saturated heterocycles.